The number of carbonyl (C=O) groups excluding carboxylic acids is 1. The Morgan fingerprint density at radius 2 is 1.62 bits per heavy atom. The number of aromatic amines is 1. The van der Waals surface area contributed by atoms with Crippen LogP contribution in [0.2, 0.25) is 0 Å². The van der Waals surface area contributed by atoms with Crippen LogP contribution in [-0.4, -0.2) is 26.9 Å². The topological polar surface area (TPSA) is 110 Å². The number of hydrogen-bond acceptors (Lipinski definition) is 5. The van der Waals surface area contributed by atoms with Crippen LogP contribution in [0.15, 0.2) is 72.9 Å². The number of hydrogen-bond donors (Lipinski definition) is 2. The summed E-state index contributed by atoms with van der Waals surface area (Å²) in [6.45, 7) is 15.4. The second-order valence-electron chi connectivity index (χ2n) is 12.9. The summed E-state index contributed by atoms with van der Waals surface area (Å²) in [7, 11) is 0. The van der Waals surface area contributed by atoms with Crippen molar-refractivity contribution in [1.82, 2.24) is 9.97 Å². The van der Waals surface area contributed by atoms with Gasteiger partial charge in [-0.1, -0.05) is 97.4 Å². The van der Waals surface area contributed by atoms with E-state index < -0.39 is 11.0 Å². The van der Waals surface area contributed by atoms with Gasteiger partial charge < -0.3 is 15.0 Å². The molecule has 0 radical (unpaired) electrons. The van der Waals surface area contributed by atoms with Gasteiger partial charge in [-0.15, -0.1) is 0 Å². The van der Waals surface area contributed by atoms with E-state index in [-0.39, 0.29) is 22.4 Å². The third kappa shape index (κ3) is 7.62. The highest BCUT2D eigenvalue weighted by Crippen LogP contribution is 2.39. The first kappa shape index (κ1) is 33.4. The second-order valence-corrected chi connectivity index (χ2v) is 12.9. The van der Waals surface area contributed by atoms with Gasteiger partial charge in [0, 0.05) is 23.4 Å². The van der Waals surface area contributed by atoms with Crippen LogP contribution in [0.4, 0.5) is 11.4 Å². The maximum absolute atomic E-state index is 13.9. The highest BCUT2D eigenvalue weighted by atomic mass is 16.6. The first-order chi connectivity index (χ1) is 21.4. The number of rotatable bonds is 14. The lowest BCUT2D eigenvalue weighted by Crippen LogP contribution is -2.34. The number of nitro benzene ring substituents is 1. The normalized spacial score (nSPS) is 12.5. The Labute approximate surface area is 266 Å². The smallest absolute Gasteiger partial charge is 0.280 e. The van der Waals surface area contributed by atoms with Crippen LogP contribution in [-0.2, 0) is 15.6 Å². The molecular formula is C37H46N4O4. The summed E-state index contributed by atoms with van der Waals surface area (Å²) in [5.41, 5.74) is 4.45. The van der Waals surface area contributed by atoms with Crippen molar-refractivity contribution in [1.29, 1.82) is 0 Å². The molecule has 238 valence electrons. The SMILES string of the molecule is CCCCC(Oc1ccc(C(C)(C)CC)cc1C(C)(C)CC)C(=O)Nc1ccccc1-c1c[nH]c(-c2ccccc2[N+](=O)[O-])n1. The zero-order valence-corrected chi connectivity index (χ0v) is 27.6. The molecule has 0 fully saturated rings. The van der Waals surface area contributed by atoms with E-state index in [1.165, 1.54) is 11.6 Å². The van der Waals surface area contributed by atoms with Crippen LogP contribution in [0.1, 0.15) is 91.7 Å². The number of carbonyl (C=O) groups is 1. The number of nitrogens with zero attached hydrogens (tertiary/aromatic N) is 2. The Bertz CT molecular complexity index is 1640. The molecule has 0 saturated carbocycles. The fraction of sp³-hybridized carbons (Fsp3) is 0.405. The molecule has 3 aromatic carbocycles. The van der Waals surface area contributed by atoms with Crippen LogP contribution >= 0.6 is 0 Å². The van der Waals surface area contributed by atoms with Crippen molar-refractivity contribution in [2.24, 2.45) is 0 Å². The van der Waals surface area contributed by atoms with E-state index >= 15 is 0 Å². The van der Waals surface area contributed by atoms with E-state index in [1.807, 2.05) is 30.3 Å². The number of nitro groups is 1. The molecular weight excluding hydrogens is 564 g/mol. The van der Waals surface area contributed by atoms with Gasteiger partial charge in [-0.25, -0.2) is 4.98 Å². The fourth-order valence-electron chi connectivity index (χ4n) is 5.22. The third-order valence-electron chi connectivity index (χ3n) is 9.03. The second kappa shape index (κ2) is 14.1. The van der Waals surface area contributed by atoms with E-state index in [0.29, 0.717) is 34.8 Å². The average molecular weight is 611 g/mol. The summed E-state index contributed by atoms with van der Waals surface area (Å²) in [5.74, 6) is 0.885. The van der Waals surface area contributed by atoms with Crippen LogP contribution < -0.4 is 10.1 Å². The van der Waals surface area contributed by atoms with Crippen molar-refractivity contribution >= 4 is 17.3 Å². The highest BCUT2D eigenvalue weighted by Gasteiger charge is 2.29. The Balaban J connectivity index is 1.65. The Hall–Kier alpha value is -4.46. The molecule has 1 heterocycles. The lowest BCUT2D eigenvalue weighted by Gasteiger charge is -2.31. The first-order valence-corrected chi connectivity index (χ1v) is 15.9. The number of benzene rings is 3. The maximum atomic E-state index is 13.9. The first-order valence-electron chi connectivity index (χ1n) is 15.9. The monoisotopic (exact) mass is 610 g/mol. The minimum atomic E-state index is -0.698. The summed E-state index contributed by atoms with van der Waals surface area (Å²) in [4.78, 5) is 32.8. The summed E-state index contributed by atoms with van der Waals surface area (Å²) in [5, 5.41) is 14.7. The van der Waals surface area contributed by atoms with Crippen molar-refractivity contribution in [3.05, 3.63) is 94.2 Å². The lowest BCUT2D eigenvalue weighted by molar-refractivity contribution is -0.384. The summed E-state index contributed by atoms with van der Waals surface area (Å²) in [6, 6.07) is 20.3. The Morgan fingerprint density at radius 1 is 0.956 bits per heavy atom. The van der Waals surface area contributed by atoms with Gasteiger partial charge in [0.25, 0.3) is 11.6 Å². The number of nitrogens with one attached hydrogen (secondary N) is 2. The molecule has 45 heavy (non-hydrogen) atoms. The van der Waals surface area contributed by atoms with Gasteiger partial charge in [0.05, 0.1) is 21.9 Å². The number of ether oxygens (including phenoxy) is 1. The van der Waals surface area contributed by atoms with Crippen molar-refractivity contribution < 1.29 is 14.5 Å². The lowest BCUT2D eigenvalue weighted by atomic mass is 9.76. The van der Waals surface area contributed by atoms with Gasteiger partial charge in [0.1, 0.15) is 11.6 Å². The molecule has 1 amide bonds. The minimum Gasteiger partial charge on any atom is -0.480 e. The van der Waals surface area contributed by atoms with E-state index in [2.05, 4.69) is 75.9 Å². The zero-order valence-electron chi connectivity index (χ0n) is 27.6. The van der Waals surface area contributed by atoms with Crippen LogP contribution in [0, 0.1) is 10.1 Å². The molecule has 0 aliphatic carbocycles. The minimum absolute atomic E-state index is 0.0252. The predicted molar refractivity (Wildman–Crippen MR) is 182 cm³/mol. The van der Waals surface area contributed by atoms with Gasteiger partial charge in [-0.2, -0.15) is 0 Å². The number of unbranched alkanes of at least 4 members (excludes halogenated alkanes) is 1. The van der Waals surface area contributed by atoms with Gasteiger partial charge in [0.15, 0.2) is 6.10 Å². The number of H-pyrrole nitrogens is 1. The molecule has 1 atom stereocenters. The number of para-hydroxylation sites is 2. The molecule has 0 aliphatic heterocycles. The van der Waals surface area contributed by atoms with E-state index in [0.717, 1.165) is 37.0 Å². The molecule has 0 spiro atoms. The number of aromatic nitrogens is 2. The molecule has 2 N–H and O–H groups in total. The number of amides is 1. The number of imidazole rings is 1. The Morgan fingerprint density at radius 3 is 2.29 bits per heavy atom. The van der Waals surface area contributed by atoms with Crippen molar-refractivity contribution in [3.63, 3.8) is 0 Å². The molecule has 4 aromatic rings. The van der Waals surface area contributed by atoms with E-state index in [9.17, 15) is 14.9 Å². The largest absolute Gasteiger partial charge is 0.480 e. The molecule has 1 unspecified atom stereocenters. The maximum Gasteiger partial charge on any atom is 0.280 e. The van der Waals surface area contributed by atoms with Crippen molar-refractivity contribution in [2.45, 2.75) is 97.5 Å². The summed E-state index contributed by atoms with van der Waals surface area (Å²) >= 11 is 0. The average Bonchev–Trinajstić information content (AvgIpc) is 3.53. The third-order valence-corrected chi connectivity index (χ3v) is 9.03. The fourth-order valence-corrected chi connectivity index (χ4v) is 5.22. The molecule has 1 aromatic heterocycles. The molecule has 0 aliphatic rings. The van der Waals surface area contributed by atoms with E-state index in [1.54, 1.807) is 24.4 Å². The predicted octanol–water partition coefficient (Wildman–Crippen LogP) is 9.60. The Kier molecular flexibility index (Phi) is 10.5. The van der Waals surface area contributed by atoms with Crippen molar-refractivity contribution in [2.75, 3.05) is 5.32 Å². The number of anilines is 1. The van der Waals surface area contributed by atoms with Gasteiger partial charge in [-0.05, 0) is 60.3 Å². The van der Waals surface area contributed by atoms with Crippen LogP contribution in [0.25, 0.3) is 22.6 Å². The summed E-state index contributed by atoms with van der Waals surface area (Å²) < 4.78 is 6.62. The van der Waals surface area contributed by atoms with E-state index in [4.69, 9.17) is 4.74 Å². The standard InChI is InChI=1S/C37H46N4O4/c1-8-11-20-33(45-32-22-21-25(36(4,5)9-2)23-28(32)37(6,7)10-3)35(42)40-29-18-14-12-16-26(29)30-24-38-34(39-30)27-17-13-15-19-31(27)41(43)44/h12-19,21-24,33H,8-11,20H2,1-7H3,(H,38,39)(H,40,42). The molecule has 0 bridgehead atoms. The molecule has 0 saturated heterocycles. The summed E-state index contributed by atoms with van der Waals surface area (Å²) in [6.07, 6.45) is 5.28. The molecule has 8 nitrogen and oxygen atoms in total. The zero-order chi connectivity index (χ0) is 32.8. The van der Waals surface area contributed by atoms with Crippen LogP contribution in [0.3, 0.4) is 0 Å². The highest BCUT2D eigenvalue weighted by molar-refractivity contribution is 5.98. The van der Waals surface area contributed by atoms with Crippen LogP contribution in [0.5, 0.6) is 5.75 Å². The van der Waals surface area contributed by atoms with Gasteiger partial charge >= 0.3 is 0 Å². The van der Waals surface area contributed by atoms with Gasteiger partial charge in [-0.3, -0.25) is 14.9 Å². The van der Waals surface area contributed by atoms with Gasteiger partial charge in [0.2, 0.25) is 0 Å². The molecule has 8 heteroatoms. The molecule has 4 rings (SSSR count). The quantitative estimate of drug-likeness (QED) is 0.109. The van der Waals surface area contributed by atoms with Crippen molar-refractivity contribution in [3.8, 4) is 28.4 Å².